The van der Waals surface area contributed by atoms with Gasteiger partial charge >= 0.3 is 0 Å². The Morgan fingerprint density at radius 1 is 1.11 bits per heavy atom. The molecule has 3 nitrogen and oxygen atoms in total. The number of rotatable bonds is 5. The highest BCUT2D eigenvalue weighted by atomic mass is 16.1. The summed E-state index contributed by atoms with van der Waals surface area (Å²) in [5.41, 5.74) is 5.15. The highest BCUT2D eigenvalue weighted by Gasteiger charge is 2.23. The normalized spacial score (nSPS) is 11.5. The van der Waals surface area contributed by atoms with Gasteiger partial charge < -0.3 is 10.6 Å². The summed E-state index contributed by atoms with van der Waals surface area (Å²) in [5, 5.41) is 5.84. The standard InChI is InChI=1S/C16H26N2O/c1-11-7-13(3)14(8-12(11)2)16(4,5)10-18-15(19)9-17-6/h7-8,17H,9-10H2,1-6H3,(H,18,19). The van der Waals surface area contributed by atoms with Gasteiger partial charge in [-0.05, 0) is 50.1 Å². The van der Waals surface area contributed by atoms with E-state index in [2.05, 4.69) is 57.4 Å². The van der Waals surface area contributed by atoms with Crippen LogP contribution in [-0.2, 0) is 10.2 Å². The molecular formula is C16H26N2O. The molecular weight excluding hydrogens is 236 g/mol. The van der Waals surface area contributed by atoms with Crippen molar-refractivity contribution in [3.05, 3.63) is 34.4 Å². The van der Waals surface area contributed by atoms with Crippen LogP contribution in [0.25, 0.3) is 0 Å². The summed E-state index contributed by atoms with van der Waals surface area (Å²) >= 11 is 0. The van der Waals surface area contributed by atoms with Crippen LogP contribution in [0.1, 0.15) is 36.1 Å². The predicted molar refractivity (Wildman–Crippen MR) is 80.6 cm³/mol. The molecule has 106 valence electrons. The van der Waals surface area contributed by atoms with E-state index in [4.69, 9.17) is 0 Å². The van der Waals surface area contributed by atoms with Crippen LogP contribution >= 0.6 is 0 Å². The van der Waals surface area contributed by atoms with Crippen molar-refractivity contribution >= 4 is 5.91 Å². The summed E-state index contributed by atoms with van der Waals surface area (Å²) in [6.45, 7) is 11.8. The lowest BCUT2D eigenvalue weighted by Gasteiger charge is -2.28. The number of hydrogen-bond acceptors (Lipinski definition) is 2. The summed E-state index contributed by atoms with van der Waals surface area (Å²) < 4.78 is 0. The van der Waals surface area contributed by atoms with Crippen LogP contribution in [-0.4, -0.2) is 26.0 Å². The summed E-state index contributed by atoms with van der Waals surface area (Å²) in [5.74, 6) is 0.0389. The van der Waals surface area contributed by atoms with Crippen LogP contribution in [0.2, 0.25) is 0 Å². The lowest BCUT2D eigenvalue weighted by atomic mass is 9.80. The van der Waals surface area contributed by atoms with E-state index in [0.717, 1.165) is 0 Å². The fourth-order valence-corrected chi connectivity index (χ4v) is 2.33. The predicted octanol–water partition coefficient (Wildman–Crippen LogP) is 2.23. The van der Waals surface area contributed by atoms with Crippen molar-refractivity contribution < 1.29 is 4.79 Å². The second-order valence-corrected chi connectivity index (χ2v) is 5.94. The second-order valence-electron chi connectivity index (χ2n) is 5.94. The van der Waals surface area contributed by atoms with Crippen molar-refractivity contribution in [2.45, 2.75) is 40.0 Å². The molecule has 19 heavy (non-hydrogen) atoms. The third-order valence-electron chi connectivity index (χ3n) is 3.63. The number of likely N-dealkylation sites (N-methyl/N-ethyl adjacent to an activating group) is 1. The molecule has 0 radical (unpaired) electrons. The van der Waals surface area contributed by atoms with Crippen LogP contribution < -0.4 is 10.6 Å². The summed E-state index contributed by atoms with van der Waals surface area (Å²) in [6, 6.07) is 4.47. The molecule has 0 saturated heterocycles. The van der Waals surface area contributed by atoms with Gasteiger partial charge in [0, 0.05) is 12.0 Å². The highest BCUT2D eigenvalue weighted by molar-refractivity contribution is 5.78. The molecule has 0 atom stereocenters. The third-order valence-corrected chi connectivity index (χ3v) is 3.63. The van der Waals surface area contributed by atoms with Gasteiger partial charge in [0.15, 0.2) is 0 Å². The molecule has 0 bridgehead atoms. The summed E-state index contributed by atoms with van der Waals surface area (Å²) in [6.07, 6.45) is 0. The highest BCUT2D eigenvalue weighted by Crippen LogP contribution is 2.28. The molecule has 0 saturated carbocycles. The van der Waals surface area contributed by atoms with Crippen molar-refractivity contribution in [1.29, 1.82) is 0 Å². The van der Waals surface area contributed by atoms with Gasteiger partial charge in [0.05, 0.1) is 6.54 Å². The smallest absolute Gasteiger partial charge is 0.233 e. The van der Waals surface area contributed by atoms with Crippen molar-refractivity contribution in [3.63, 3.8) is 0 Å². The van der Waals surface area contributed by atoms with Gasteiger partial charge in [-0.3, -0.25) is 4.79 Å². The van der Waals surface area contributed by atoms with Crippen molar-refractivity contribution in [3.8, 4) is 0 Å². The van der Waals surface area contributed by atoms with Gasteiger partial charge in [0.25, 0.3) is 0 Å². The molecule has 0 aromatic heterocycles. The zero-order chi connectivity index (χ0) is 14.6. The molecule has 3 heteroatoms. The Bertz CT molecular complexity index is 464. The lowest BCUT2D eigenvalue weighted by molar-refractivity contribution is -0.120. The maximum Gasteiger partial charge on any atom is 0.233 e. The molecule has 0 fully saturated rings. The molecule has 0 aliphatic rings. The molecule has 1 aromatic carbocycles. The summed E-state index contributed by atoms with van der Waals surface area (Å²) in [4.78, 5) is 11.6. The van der Waals surface area contributed by atoms with Crippen LogP contribution in [0.3, 0.4) is 0 Å². The Hall–Kier alpha value is -1.35. The first-order chi connectivity index (χ1) is 8.77. The lowest BCUT2D eigenvalue weighted by Crippen LogP contribution is -2.40. The number of hydrogen-bond donors (Lipinski definition) is 2. The van der Waals surface area contributed by atoms with E-state index in [-0.39, 0.29) is 11.3 Å². The Labute approximate surface area is 116 Å². The minimum atomic E-state index is -0.0635. The first-order valence-corrected chi connectivity index (χ1v) is 6.77. The Morgan fingerprint density at radius 3 is 2.26 bits per heavy atom. The maximum atomic E-state index is 11.6. The molecule has 0 spiro atoms. The fourth-order valence-electron chi connectivity index (χ4n) is 2.33. The van der Waals surface area contributed by atoms with Crippen LogP contribution in [0.5, 0.6) is 0 Å². The molecule has 1 rings (SSSR count). The molecule has 2 N–H and O–H groups in total. The van der Waals surface area contributed by atoms with Crippen molar-refractivity contribution in [2.75, 3.05) is 20.1 Å². The number of nitrogens with one attached hydrogen (secondary N) is 2. The van der Waals surface area contributed by atoms with E-state index in [1.165, 1.54) is 22.3 Å². The van der Waals surface area contributed by atoms with Gasteiger partial charge in [-0.2, -0.15) is 0 Å². The minimum Gasteiger partial charge on any atom is -0.354 e. The molecule has 0 aliphatic carbocycles. The SMILES string of the molecule is CNCC(=O)NCC(C)(C)c1cc(C)c(C)cc1C. The topological polar surface area (TPSA) is 41.1 Å². The minimum absolute atomic E-state index is 0.0389. The average Bonchev–Trinajstić information content (AvgIpc) is 2.31. The number of carbonyl (C=O) groups is 1. The Morgan fingerprint density at radius 2 is 1.68 bits per heavy atom. The van der Waals surface area contributed by atoms with Gasteiger partial charge in [-0.15, -0.1) is 0 Å². The maximum absolute atomic E-state index is 11.6. The first-order valence-electron chi connectivity index (χ1n) is 6.77. The molecule has 1 aromatic rings. The third kappa shape index (κ3) is 4.06. The largest absolute Gasteiger partial charge is 0.354 e. The Kier molecular flexibility index (Phi) is 5.12. The van der Waals surface area contributed by atoms with E-state index in [0.29, 0.717) is 13.1 Å². The van der Waals surface area contributed by atoms with E-state index in [9.17, 15) is 4.79 Å². The first kappa shape index (κ1) is 15.7. The zero-order valence-corrected chi connectivity index (χ0v) is 13.0. The number of aryl methyl sites for hydroxylation is 3. The van der Waals surface area contributed by atoms with Gasteiger partial charge in [-0.25, -0.2) is 0 Å². The van der Waals surface area contributed by atoms with E-state index in [1.54, 1.807) is 7.05 Å². The van der Waals surface area contributed by atoms with Crippen LogP contribution in [0.15, 0.2) is 12.1 Å². The Balaban J connectivity index is 2.88. The number of carbonyl (C=O) groups excluding carboxylic acids is 1. The number of benzene rings is 1. The number of amides is 1. The van der Waals surface area contributed by atoms with E-state index < -0.39 is 0 Å². The molecule has 1 amide bonds. The summed E-state index contributed by atoms with van der Waals surface area (Å²) in [7, 11) is 1.78. The van der Waals surface area contributed by atoms with Crippen LogP contribution in [0, 0.1) is 20.8 Å². The van der Waals surface area contributed by atoms with Crippen LogP contribution in [0.4, 0.5) is 0 Å². The quantitative estimate of drug-likeness (QED) is 0.854. The average molecular weight is 262 g/mol. The van der Waals surface area contributed by atoms with E-state index in [1.807, 2.05) is 0 Å². The monoisotopic (exact) mass is 262 g/mol. The fraction of sp³-hybridized carbons (Fsp3) is 0.562. The van der Waals surface area contributed by atoms with Crippen molar-refractivity contribution in [1.82, 2.24) is 10.6 Å². The van der Waals surface area contributed by atoms with Crippen molar-refractivity contribution in [2.24, 2.45) is 0 Å². The molecule has 0 unspecified atom stereocenters. The van der Waals surface area contributed by atoms with Gasteiger partial charge in [0.1, 0.15) is 0 Å². The second kappa shape index (κ2) is 6.20. The van der Waals surface area contributed by atoms with Gasteiger partial charge in [-0.1, -0.05) is 26.0 Å². The molecule has 0 heterocycles. The zero-order valence-electron chi connectivity index (χ0n) is 13.0. The molecule has 0 aliphatic heterocycles. The van der Waals surface area contributed by atoms with Gasteiger partial charge in [0.2, 0.25) is 5.91 Å². The van der Waals surface area contributed by atoms with E-state index >= 15 is 0 Å².